The van der Waals surface area contributed by atoms with E-state index in [9.17, 15) is 26.4 Å². The number of halogens is 3. The molecule has 6 nitrogen and oxygen atoms in total. The van der Waals surface area contributed by atoms with Gasteiger partial charge in [0.1, 0.15) is 16.9 Å². The summed E-state index contributed by atoms with van der Waals surface area (Å²) in [5.74, 6) is 0.705. The Kier molecular flexibility index (Phi) is 4.22. The third kappa shape index (κ3) is 3.16. The first-order chi connectivity index (χ1) is 13.4. The Morgan fingerprint density at radius 1 is 1.14 bits per heavy atom. The molecule has 0 aliphatic carbocycles. The number of alkyl halides is 3. The zero-order chi connectivity index (χ0) is 21.2. The highest BCUT2D eigenvalue weighted by Crippen LogP contribution is 2.37. The zero-order valence-electron chi connectivity index (χ0n) is 15.5. The molecular weight excluding hydrogens is 409 g/mol. The molecule has 0 atom stereocenters. The molecule has 0 spiro atoms. The Hall–Kier alpha value is -2.59. The number of sulfone groups is 1. The monoisotopic (exact) mass is 426 g/mol. The van der Waals surface area contributed by atoms with Crippen LogP contribution < -0.4 is 10.9 Å². The molecule has 29 heavy (non-hydrogen) atoms. The van der Waals surface area contributed by atoms with Crippen LogP contribution in [-0.4, -0.2) is 19.9 Å². The number of benzene rings is 1. The van der Waals surface area contributed by atoms with Gasteiger partial charge < -0.3 is 14.7 Å². The SMILES string of the molecule is CC1(C)NCCc2c1oc1cc(S(=O)(=O)c3c[nH]c(=O)c(C(F)(F)F)c3)ccc21. The van der Waals surface area contributed by atoms with Crippen LogP contribution in [0.25, 0.3) is 11.0 Å². The molecule has 0 bridgehead atoms. The number of fused-ring (bicyclic) bond motifs is 3. The van der Waals surface area contributed by atoms with Crippen molar-refractivity contribution in [3.05, 3.63) is 57.7 Å². The Labute approximate surface area is 163 Å². The van der Waals surface area contributed by atoms with E-state index in [0.717, 1.165) is 23.7 Å². The van der Waals surface area contributed by atoms with E-state index >= 15 is 0 Å². The molecule has 10 heteroatoms. The summed E-state index contributed by atoms with van der Waals surface area (Å²) in [4.78, 5) is 12.4. The van der Waals surface area contributed by atoms with Gasteiger partial charge in [0.2, 0.25) is 9.84 Å². The fourth-order valence-electron chi connectivity index (χ4n) is 3.60. The predicted octanol–water partition coefficient (Wildman–Crippen LogP) is 3.35. The minimum absolute atomic E-state index is 0.220. The van der Waals surface area contributed by atoms with Gasteiger partial charge in [0, 0.05) is 29.8 Å². The molecule has 0 unspecified atom stereocenters. The second kappa shape index (κ2) is 6.20. The number of pyridine rings is 1. The Morgan fingerprint density at radius 3 is 2.55 bits per heavy atom. The molecule has 1 aliphatic heterocycles. The summed E-state index contributed by atoms with van der Waals surface area (Å²) >= 11 is 0. The standard InChI is InChI=1S/C19H17F3N2O4S/c1-18(2)16-13(5-6-24-18)12-4-3-10(8-15(12)28-16)29(26,27)11-7-14(19(20,21)22)17(25)23-9-11/h3-4,7-9,24H,5-6H2,1-2H3,(H,23,25). The highest BCUT2D eigenvalue weighted by Gasteiger charge is 2.36. The van der Waals surface area contributed by atoms with Gasteiger partial charge in [-0.3, -0.25) is 4.79 Å². The number of aromatic nitrogens is 1. The largest absolute Gasteiger partial charge is 0.459 e. The van der Waals surface area contributed by atoms with Crippen molar-refractivity contribution in [2.24, 2.45) is 0 Å². The molecule has 3 aromatic rings. The highest BCUT2D eigenvalue weighted by molar-refractivity contribution is 7.91. The molecule has 1 aromatic carbocycles. The quantitative estimate of drug-likeness (QED) is 0.656. The number of hydrogen-bond donors (Lipinski definition) is 2. The Morgan fingerprint density at radius 2 is 1.86 bits per heavy atom. The fraction of sp³-hybridized carbons (Fsp3) is 0.316. The van der Waals surface area contributed by atoms with E-state index < -0.39 is 37.6 Å². The topological polar surface area (TPSA) is 92.2 Å². The van der Waals surface area contributed by atoms with Crippen molar-refractivity contribution in [1.29, 1.82) is 0 Å². The molecule has 0 radical (unpaired) electrons. The lowest BCUT2D eigenvalue weighted by molar-refractivity contribution is -0.138. The number of rotatable bonds is 2. The molecule has 0 saturated heterocycles. The lowest BCUT2D eigenvalue weighted by atomic mass is 9.91. The van der Waals surface area contributed by atoms with E-state index in [4.69, 9.17) is 4.42 Å². The average Bonchev–Trinajstić information content (AvgIpc) is 3.00. The second-order valence-corrected chi connectivity index (χ2v) is 9.40. The van der Waals surface area contributed by atoms with Crippen LogP contribution in [0.15, 0.2) is 49.5 Å². The van der Waals surface area contributed by atoms with Gasteiger partial charge in [-0.25, -0.2) is 8.42 Å². The van der Waals surface area contributed by atoms with E-state index in [1.807, 2.05) is 18.8 Å². The summed E-state index contributed by atoms with van der Waals surface area (Å²) in [6, 6.07) is 4.58. The van der Waals surface area contributed by atoms with E-state index in [-0.39, 0.29) is 4.90 Å². The maximum atomic E-state index is 13.0. The molecule has 4 rings (SSSR count). The van der Waals surface area contributed by atoms with Crippen LogP contribution in [0.5, 0.6) is 0 Å². The first-order valence-electron chi connectivity index (χ1n) is 8.77. The van der Waals surface area contributed by atoms with E-state index in [0.29, 0.717) is 23.8 Å². The van der Waals surface area contributed by atoms with Crippen LogP contribution >= 0.6 is 0 Å². The van der Waals surface area contributed by atoms with Crippen molar-refractivity contribution in [3.63, 3.8) is 0 Å². The van der Waals surface area contributed by atoms with Gasteiger partial charge in [0.05, 0.1) is 15.3 Å². The van der Waals surface area contributed by atoms with Gasteiger partial charge in [-0.1, -0.05) is 0 Å². The van der Waals surface area contributed by atoms with Crippen LogP contribution in [0.1, 0.15) is 30.7 Å². The van der Waals surface area contributed by atoms with Crippen molar-refractivity contribution in [2.45, 2.75) is 41.8 Å². The van der Waals surface area contributed by atoms with Gasteiger partial charge in [-0.05, 0) is 38.5 Å². The average molecular weight is 426 g/mol. The summed E-state index contributed by atoms with van der Waals surface area (Å²) < 4.78 is 70.7. The minimum atomic E-state index is -4.97. The van der Waals surface area contributed by atoms with Crippen LogP contribution in [-0.2, 0) is 28.0 Å². The van der Waals surface area contributed by atoms with Crippen LogP contribution in [0, 0.1) is 0 Å². The maximum Gasteiger partial charge on any atom is 0.421 e. The third-order valence-corrected chi connectivity index (χ3v) is 6.81. The van der Waals surface area contributed by atoms with Crippen LogP contribution in [0.3, 0.4) is 0 Å². The van der Waals surface area contributed by atoms with E-state index in [2.05, 4.69) is 5.32 Å². The number of nitrogens with one attached hydrogen (secondary N) is 2. The molecule has 1 aliphatic rings. The molecule has 2 aromatic heterocycles. The van der Waals surface area contributed by atoms with Gasteiger partial charge in [-0.2, -0.15) is 13.2 Å². The molecule has 2 N–H and O–H groups in total. The normalized spacial score (nSPS) is 16.7. The molecule has 0 amide bonds. The van der Waals surface area contributed by atoms with Gasteiger partial charge in [0.15, 0.2) is 0 Å². The molecule has 0 fully saturated rings. The minimum Gasteiger partial charge on any atom is -0.459 e. The summed E-state index contributed by atoms with van der Waals surface area (Å²) in [5.41, 5.74) is -2.07. The van der Waals surface area contributed by atoms with Crippen molar-refractivity contribution in [1.82, 2.24) is 10.3 Å². The summed E-state index contributed by atoms with van der Waals surface area (Å²) in [6.07, 6.45) is -3.49. The fourth-order valence-corrected chi connectivity index (χ4v) is 4.87. The Bertz CT molecular complexity index is 1290. The van der Waals surface area contributed by atoms with Crippen molar-refractivity contribution in [2.75, 3.05) is 6.54 Å². The van der Waals surface area contributed by atoms with Gasteiger partial charge in [-0.15, -0.1) is 0 Å². The van der Waals surface area contributed by atoms with E-state index in [1.54, 1.807) is 6.07 Å². The smallest absolute Gasteiger partial charge is 0.421 e. The van der Waals surface area contributed by atoms with E-state index in [1.165, 1.54) is 12.1 Å². The van der Waals surface area contributed by atoms with Crippen molar-refractivity contribution in [3.8, 4) is 0 Å². The number of aromatic amines is 1. The number of furan rings is 1. The zero-order valence-corrected chi connectivity index (χ0v) is 16.3. The summed E-state index contributed by atoms with van der Waals surface area (Å²) in [5, 5.41) is 4.09. The lowest BCUT2D eigenvalue weighted by Gasteiger charge is -2.29. The molecule has 0 saturated carbocycles. The lowest BCUT2D eigenvalue weighted by Crippen LogP contribution is -2.41. The van der Waals surface area contributed by atoms with Crippen LogP contribution in [0.2, 0.25) is 0 Å². The number of hydrogen-bond acceptors (Lipinski definition) is 5. The van der Waals surface area contributed by atoms with Crippen LogP contribution in [0.4, 0.5) is 13.2 Å². The predicted molar refractivity (Wildman–Crippen MR) is 98.5 cm³/mol. The summed E-state index contributed by atoms with van der Waals surface area (Å²) in [7, 11) is -4.31. The highest BCUT2D eigenvalue weighted by atomic mass is 32.2. The van der Waals surface area contributed by atoms with Gasteiger partial charge in [0.25, 0.3) is 5.56 Å². The van der Waals surface area contributed by atoms with Gasteiger partial charge >= 0.3 is 6.18 Å². The second-order valence-electron chi connectivity index (χ2n) is 7.45. The van der Waals surface area contributed by atoms with Crippen molar-refractivity contribution >= 4 is 20.8 Å². The Balaban J connectivity index is 1.86. The molecule has 3 heterocycles. The number of H-pyrrole nitrogens is 1. The third-order valence-electron chi connectivity index (χ3n) is 5.08. The maximum absolute atomic E-state index is 13.0. The first kappa shape index (κ1) is 19.7. The molecule has 154 valence electrons. The first-order valence-corrected chi connectivity index (χ1v) is 10.3. The molecular formula is C19H17F3N2O4S. The summed E-state index contributed by atoms with van der Waals surface area (Å²) in [6.45, 7) is 4.64. The van der Waals surface area contributed by atoms with Crippen molar-refractivity contribution < 1.29 is 26.0 Å².